The predicted octanol–water partition coefficient (Wildman–Crippen LogP) is 0.664. The van der Waals surface area contributed by atoms with E-state index >= 15 is 0 Å². The molecule has 3 N–H and O–H groups in total. The molecule has 0 bridgehead atoms. The van der Waals surface area contributed by atoms with Gasteiger partial charge >= 0.3 is 12.0 Å². The normalized spacial score (nSPS) is 10.2. The Balaban J connectivity index is 2.12. The molecule has 0 unspecified atom stereocenters. The van der Waals surface area contributed by atoms with E-state index in [-0.39, 0.29) is 19.0 Å². The van der Waals surface area contributed by atoms with Crippen LogP contribution in [-0.2, 0) is 11.3 Å². The lowest BCUT2D eigenvalue weighted by atomic mass is 10.4. The van der Waals surface area contributed by atoms with E-state index in [0.29, 0.717) is 6.54 Å². The van der Waals surface area contributed by atoms with Crippen molar-refractivity contribution in [1.82, 2.24) is 20.4 Å². The van der Waals surface area contributed by atoms with E-state index in [4.69, 9.17) is 5.11 Å². The number of rotatable bonds is 7. The number of carboxylic acid groups (broad SMARTS) is 1. The summed E-state index contributed by atoms with van der Waals surface area (Å²) in [5, 5.41) is 17.9. The van der Waals surface area contributed by atoms with Crippen LogP contribution in [0.5, 0.6) is 0 Å². The quantitative estimate of drug-likeness (QED) is 0.633. The van der Waals surface area contributed by atoms with E-state index in [1.165, 1.54) is 0 Å². The lowest BCUT2D eigenvalue weighted by Gasteiger charge is -2.07. The molecule has 0 saturated heterocycles. The molecule has 0 aliphatic heterocycles. The number of carbonyl (C=O) groups is 2. The fourth-order valence-electron chi connectivity index (χ4n) is 1.68. The molecular formula is C12H20N4O3. The van der Waals surface area contributed by atoms with Crippen LogP contribution in [-0.4, -0.2) is 40.0 Å². The molecule has 7 heteroatoms. The fourth-order valence-corrected chi connectivity index (χ4v) is 1.68. The van der Waals surface area contributed by atoms with Gasteiger partial charge in [-0.3, -0.25) is 9.48 Å². The van der Waals surface area contributed by atoms with Gasteiger partial charge in [-0.15, -0.1) is 0 Å². The lowest BCUT2D eigenvalue weighted by Crippen LogP contribution is -2.37. The van der Waals surface area contributed by atoms with Gasteiger partial charge in [0, 0.05) is 25.3 Å². The van der Waals surface area contributed by atoms with Gasteiger partial charge < -0.3 is 15.7 Å². The zero-order chi connectivity index (χ0) is 14.3. The maximum atomic E-state index is 11.3. The highest BCUT2D eigenvalue weighted by Gasteiger charge is 2.03. The highest BCUT2D eigenvalue weighted by atomic mass is 16.4. The summed E-state index contributed by atoms with van der Waals surface area (Å²) in [6.45, 7) is 5.34. The number of aromatic nitrogens is 2. The Bertz CT molecular complexity index is 442. The number of carbonyl (C=O) groups excluding carboxylic acids is 1. The van der Waals surface area contributed by atoms with Crippen LogP contribution in [0.25, 0.3) is 0 Å². The van der Waals surface area contributed by atoms with Gasteiger partial charge in [-0.05, 0) is 26.3 Å². The molecule has 1 aromatic rings. The molecule has 0 spiro atoms. The molecule has 7 nitrogen and oxygen atoms in total. The topological polar surface area (TPSA) is 96.2 Å². The van der Waals surface area contributed by atoms with E-state index in [2.05, 4.69) is 15.7 Å². The van der Waals surface area contributed by atoms with Crippen LogP contribution in [0.1, 0.15) is 24.2 Å². The van der Waals surface area contributed by atoms with Crippen LogP contribution in [0.3, 0.4) is 0 Å². The van der Waals surface area contributed by atoms with E-state index in [9.17, 15) is 9.59 Å². The van der Waals surface area contributed by atoms with Crippen molar-refractivity contribution < 1.29 is 14.7 Å². The molecule has 1 rings (SSSR count). The van der Waals surface area contributed by atoms with Crippen molar-refractivity contribution in [3.8, 4) is 0 Å². The van der Waals surface area contributed by atoms with Crippen molar-refractivity contribution in [3.05, 3.63) is 17.5 Å². The van der Waals surface area contributed by atoms with Crippen molar-refractivity contribution in [3.63, 3.8) is 0 Å². The third-order valence-electron chi connectivity index (χ3n) is 2.56. The number of carboxylic acids is 1. The van der Waals surface area contributed by atoms with Crippen LogP contribution in [0.2, 0.25) is 0 Å². The molecule has 0 aromatic carbocycles. The molecule has 0 saturated carbocycles. The largest absolute Gasteiger partial charge is 0.481 e. The van der Waals surface area contributed by atoms with Crippen LogP contribution in [0, 0.1) is 13.8 Å². The Morgan fingerprint density at radius 2 is 2.00 bits per heavy atom. The van der Waals surface area contributed by atoms with Crippen molar-refractivity contribution in [2.24, 2.45) is 0 Å². The average Bonchev–Trinajstić information content (AvgIpc) is 2.63. The maximum absolute atomic E-state index is 11.3. The molecule has 0 atom stereocenters. The fraction of sp³-hybridized carbons (Fsp3) is 0.583. The summed E-state index contributed by atoms with van der Waals surface area (Å²) < 4.78 is 1.90. The number of urea groups is 1. The Kier molecular flexibility index (Phi) is 5.84. The SMILES string of the molecule is Cc1cc(C)n(CCCNC(=O)NCCC(=O)O)n1. The summed E-state index contributed by atoms with van der Waals surface area (Å²) in [6, 6.07) is 1.67. The second kappa shape index (κ2) is 7.40. The minimum absolute atomic E-state index is 0.0703. The highest BCUT2D eigenvalue weighted by molar-refractivity contribution is 5.74. The van der Waals surface area contributed by atoms with Crippen LogP contribution in [0.4, 0.5) is 4.79 Å². The highest BCUT2D eigenvalue weighted by Crippen LogP contribution is 2.01. The van der Waals surface area contributed by atoms with Gasteiger partial charge in [0.1, 0.15) is 0 Å². The van der Waals surface area contributed by atoms with Crippen LogP contribution in [0.15, 0.2) is 6.07 Å². The minimum Gasteiger partial charge on any atom is -0.481 e. The first kappa shape index (κ1) is 15.0. The number of nitrogens with one attached hydrogen (secondary N) is 2. The maximum Gasteiger partial charge on any atom is 0.314 e. The summed E-state index contributed by atoms with van der Waals surface area (Å²) in [5.41, 5.74) is 2.08. The summed E-state index contributed by atoms with van der Waals surface area (Å²) in [4.78, 5) is 21.5. The molecule has 0 aliphatic carbocycles. The predicted molar refractivity (Wildman–Crippen MR) is 70.0 cm³/mol. The summed E-state index contributed by atoms with van der Waals surface area (Å²) >= 11 is 0. The smallest absolute Gasteiger partial charge is 0.314 e. The van der Waals surface area contributed by atoms with Crippen LogP contribution < -0.4 is 10.6 Å². The number of hydrogen-bond acceptors (Lipinski definition) is 3. The number of aryl methyl sites for hydroxylation is 3. The van der Waals surface area contributed by atoms with Crippen molar-refractivity contribution in [1.29, 1.82) is 0 Å². The molecule has 1 aromatic heterocycles. The third kappa shape index (κ3) is 5.89. The first-order valence-corrected chi connectivity index (χ1v) is 6.23. The molecule has 0 aliphatic rings. The Labute approximate surface area is 112 Å². The van der Waals surface area contributed by atoms with E-state index < -0.39 is 5.97 Å². The van der Waals surface area contributed by atoms with E-state index in [1.807, 2.05) is 24.6 Å². The molecule has 0 fully saturated rings. The lowest BCUT2D eigenvalue weighted by molar-refractivity contribution is -0.136. The van der Waals surface area contributed by atoms with Gasteiger partial charge in [-0.25, -0.2) is 4.79 Å². The molecule has 106 valence electrons. The summed E-state index contributed by atoms with van der Waals surface area (Å²) in [7, 11) is 0. The first-order chi connectivity index (χ1) is 8.99. The monoisotopic (exact) mass is 268 g/mol. The van der Waals surface area contributed by atoms with Gasteiger partial charge in [0.25, 0.3) is 0 Å². The molecule has 19 heavy (non-hydrogen) atoms. The molecule has 2 amide bonds. The zero-order valence-corrected chi connectivity index (χ0v) is 11.3. The minimum atomic E-state index is -0.926. The second-order valence-electron chi connectivity index (χ2n) is 4.33. The zero-order valence-electron chi connectivity index (χ0n) is 11.3. The van der Waals surface area contributed by atoms with Gasteiger partial charge in [-0.1, -0.05) is 0 Å². The number of hydrogen-bond donors (Lipinski definition) is 3. The summed E-state index contributed by atoms with van der Waals surface area (Å²) in [5.74, 6) is -0.926. The van der Waals surface area contributed by atoms with Gasteiger partial charge in [0.05, 0.1) is 12.1 Å². The van der Waals surface area contributed by atoms with Crippen molar-refractivity contribution in [2.45, 2.75) is 33.2 Å². The number of nitrogens with zero attached hydrogens (tertiary/aromatic N) is 2. The molecule has 0 radical (unpaired) electrons. The molecule has 1 heterocycles. The van der Waals surface area contributed by atoms with E-state index in [1.54, 1.807) is 0 Å². The van der Waals surface area contributed by atoms with Crippen molar-refractivity contribution in [2.75, 3.05) is 13.1 Å². The van der Waals surface area contributed by atoms with Gasteiger partial charge in [0.2, 0.25) is 0 Å². The standard InChI is InChI=1S/C12H20N4O3/c1-9-8-10(2)16(15-9)7-3-5-13-12(19)14-6-4-11(17)18/h8H,3-7H2,1-2H3,(H,17,18)(H2,13,14,19). The molecular weight excluding hydrogens is 248 g/mol. The Hall–Kier alpha value is -2.05. The summed E-state index contributed by atoms with van der Waals surface area (Å²) in [6.07, 6.45) is 0.702. The first-order valence-electron chi connectivity index (χ1n) is 6.23. The Morgan fingerprint density at radius 1 is 1.32 bits per heavy atom. The second-order valence-corrected chi connectivity index (χ2v) is 4.33. The van der Waals surface area contributed by atoms with Gasteiger partial charge in [0.15, 0.2) is 0 Å². The third-order valence-corrected chi connectivity index (χ3v) is 2.56. The average molecular weight is 268 g/mol. The van der Waals surface area contributed by atoms with Gasteiger partial charge in [-0.2, -0.15) is 5.10 Å². The number of aliphatic carboxylic acids is 1. The number of amides is 2. The Morgan fingerprint density at radius 3 is 2.58 bits per heavy atom. The van der Waals surface area contributed by atoms with E-state index in [0.717, 1.165) is 24.4 Å². The van der Waals surface area contributed by atoms with Crippen LogP contribution >= 0.6 is 0 Å². The van der Waals surface area contributed by atoms with Crippen molar-refractivity contribution >= 4 is 12.0 Å².